The molecule has 0 aromatic heterocycles. The van der Waals surface area contributed by atoms with E-state index in [-0.39, 0.29) is 10.6 Å². The van der Waals surface area contributed by atoms with E-state index in [2.05, 4.69) is 5.32 Å². The summed E-state index contributed by atoms with van der Waals surface area (Å²) >= 11 is 0. The Balaban J connectivity index is 3.05. The second-order valence-corrected chi connectivity index (χ2v) is 8.08. The topological polar surface area (TPSA) is 153 Å². The first kappa shape index (κ1) is 17.7. The first-order chi connectivity index (χ1) is 9.65. The minimum atomic E-state index is -4.36. The highest BCUT2D eigenvalue weighted by Crippen LogP contribution is 2.25. The summed E-state index contributed by atoms with van der Waals surface area (Å²) in [5, 5.41) is 2.92. The van der Waals surface area contributed by atoms with Crippen molar-refractivity contribution in [2.75, 3.05) is 35.6 Å². The average Bonchev–Trinajstić information content (AvgIpc) is 2.38. The van der Waals surface area contributed by atoms with E-state index in [0.29, 0.717) is 25.2 Å². The minimum absolute atomic E-state index is 0.0943. The van der Waals surface area contributed by atoms with Crippen LogP contribution in [-0.2, 0) is 20.0 Å². The predicted molar refractivity (Wildman–Crippen MR) is 81.5 cm³/mol. The molecule has 8 nitrogen and oxygen atoms in total. The van der Waals surface area contributed by atoms with Crippen molar-refractivity contribution in [2.24, 2.45) is 5.73 Å². The maximum absolute atomic E-state index is 12.2. The quantitative estimate of drug-likeness (QED) is 0.286. The lowest BCUT2D eigenvalue weighted by molar-refractivity contribution is 0.484. The minimum Gasteiger partial charge on any atom is -0.399 e. The molecule has 0 bridgehead atoms. The average molecular weight is 337 g/mol. The zero-order valence-electron chi connectivity index (χ0n) is 11.3. The van der Waals surface area contributed by atoms with Gasteiger partial charge in [-0.1, -0.05) is 0 Å². The van der Waals surface area contributed by atoms with Crippen LogP contribution in [0.2, 0.25) is 0 Å². The largest absolute Gasteiger partial charge is 0.399 e. The Bertz CT molecular complexity index is 686. The summed E-state index contributed by atoms with van der Waals surface area (Å²) in [6, 6.07) is 4.29. The van der Waals surface area contributed by atoms with Gasteiger partial charge < -0.3 is 16.8 Å². The van der Waals surface area contributed by atoms with Gasteiger partial charge in [0, 0.05) is 12.2 Å². The lowest BCUT2D eigenvalue weighted by Gasteiger charge is -2.13. The molecule has 0 heterocycles. The number of rotatable bonds is 8. The summed E-state index contributed by atoms with van der Waals surface area (Å²) in [7, 11) is -8.25. The summed E-state index contributed by atoms with van der Waals surface area (Å²) in [6.45, 7) is 0.925. The van der Waals surface area contributed by atoms with Crippen molar-refractivity contribution in [3.63, 3.8) is 0 Å². The maximum Gasteiger partial charge on any atom is 0.265 e. The van der Waals surface area contributed by atoms with Crippen LogP contribution in [0.15, 0.2) is 23.1 Å². The first-order valence-electron chi connectivity index (χ1n) is 6.17. The first-order valence-corrected chi connectivity index (χ1v) is 9.43. The molecule has 1 aromatic carbocycles. The highest BCUT2D eigenvalue weighted by Gasteiger charge is 2.22. The number of hydrogen-bond acceptors (Lipinski definition) is 7. The van der Waals surface area contributed by atoms with Crippen LogP contribution in [0.25, 0.3) is 0 Å². The van der Waals surface area contributed by atoms with Crippen LogP contribution < -0.4 is 16.8 Å². The van der Waals surface area contributed by atoms with Crippen LogP contribution in [0.1, 0.15) is 6.42 Å². The van der Waals surface area contributed by atoms with Gasteiger partial charge in [-0.2, -0.15) is 8.42 Å². The van der Waals surface area contributed by atoms with Crippen molar-refractivity contribution in [3.8, 4) is 0 Å². The number of nitrogens with two attached hydrogens (primary N) is 2. The van der Waals surface area contributed by atoms with Gasteiger partial charge in [0.25, 0.3) is 10.1 Å². The van der Waals surface area contributed by atoms with Crippen LogP contribution >= 0.6 is 0 Å². The summed E-state index contributed by atoms with van der Waals surface area (Å²) in [6.07, 6.45) is 0.648. The summed E-state index contributed by atoms with van der Waals surface area (Å²) in [5.74, 6) is -1.59. The Morgan fingerprint density at radius 3 is 2.38 bits per heavy atom. The van der Waals surface area contributed by atoms with Gasteiger partial charge in [-0.25, -0.2) is 8.42 Å². The van der Waals surface area contributed by atoms with Gasteiger partial charge in [-0.05, 0) is 31.2 Å². The monoisotopic (exact) mass is 337 g/mol. The highest BCUT2D eigenvalue weighted by atomic mass is 32.2. The fourth-order valence-electron chi connectivity index (χ4n) is 1.59. The second kappa shape index (κ2) is 7.07. The molecule has 1 aromatic rings. The number of anilines is 2. The Morgan fingerprint density at radius 1 is 1.14 bits per heavy atom. The molecule has 10 heteroatoms. The summed E-state index contributed by atoms with van der Waals surface area (Å²) < 4.78 is 54.5. The van der Waals surface area contributed by atoms with Crippen LogP contribution in [0.3, 0.4) is 0 Å². The number of benzene rings is 1. The second-order valence-electron chi connectivity index (χ2n) is 4.43. The Hall–Kier alpha value is -1.36. The molecule has 6 N–H and O–H groups in total. The van der Waals surface area contributed by atoms with Crippen molar-refractivity contribution >= 4 is 31.3 Å². The van der Waals surface area contributed by atoms with Crippen molar-refractivity contribution < 1.29 is 21.4 Å². The van der Waals surface area contributed by atoms with Gasteiger partial charge in [-0.3, -0.25) is 4.55 Å². The van der Waals surface area contributed by atoms with Crippen molar-refractivity contribution in [2.45, 2.75) is 11.3 Å². The lowest BCUT2D eigenvalue weighted by Crippen LogP contribution is -2.18. The lowest BCUT2D eigenvalue weighted by atomic mass is 10.3. The number of nitrogens with one attached hydrogen (secondary N) is 1. The molecule has 0 atom stereocenters. The van der Waals surface area contributed by atoms with Gasteiger partial charge in [0.1, 0.15) is 0 Å². The van der Waals surface area contributed by atoms with E-state index in [9.17, 15) is 16.8 Å². The van der Waals surface area contributed by atoms with Crippen LogP contribution in [0, 0.1) is 0 Å². The van der Waals surface area contributed by atoms with Gasteiger partial charge in [0.2, 0.25) is 0 Å². The van der Waals surface area contributed by atoms with Gasteiger partial charge >= 0.3 is 0 Å². The molecule has 120 valence electrons. The molecule has 0 aliphatic heterocycles. The molecule has 0 radical (unpaired) electrons. The third-order valence-electron chi connectivity index (χ3n) is 2.65. The Kier molecular flexibility index (Phi) is 5.96. The molecular formula is C11H19N3O5S2. The standard InChI is InChI=1S/C11H19N3O5S2/c12-4-1-5-14-10-3-2-9(13)8-11(10)20(15,16)6-7-21(17,18)19/h2-3,8,14H,1,4-7,12-13H2,(H,17,18,19). The predicted octanol–water partition coefficient (Wildman–Crippen LogP) is -0.309. The maximum atomic E-state index is 12.2. The molecule has 1 rings (SSSR count). The van der Waals surface area contributed by atoms with Gasteiger partial charge in [0.15, 0.2) is 9.84 Å². The highest BCUT2D eigenvalue weighted by molar-refractivity contribution is 7.93. The van der Waals surface area contributed by atoms with Gasteiger partial charge in [0.05, 0.1) is 22.1 Å². The van der Waals surface area contributed by atoms with Crippen LogP contribution in [0.5, 0.6) is 0 Å². The van der Waals surface area contributed by atoms with E-state index >= 15 is 0 Å². The third-order valence-corrected chi connectivity index (χ3v) is 5.38. The Labute approximate surface area is 124 Å². The Morgan fingerprint density at radius 2 is 1.81 bits per heavy atom. The SMILES string of the molecule is NCCCNc1ccc(N)cc1S(=O)(=O)CCS(=O)(=O)O. The van der Waals surface area contributed by atoms with E-state index in [4.69, 9.17) is 16.0 Å². The molecule has 21 heavy (non-hydrogen) atoms. The van der Waals surface area contributed by atoms with Crippen LogP contribution in [0.4, 0.5) is 11.4 Å². The normalized spacial score (nSPS) is 12.3. The van der Waals surface area contributed by atoms with E-state index in [1.165, 1.54) is 18.2 Å². The number of sulfone groups is 1. The van der Waals surface area contributed by atoms with Crippen molar-refractivity contribution in [3.05, 3.63) is 18.2 Å². The zero-order valence-corrected chi connectivity index (χ0v) is 13.0. The van der Waals surface area contributed by atoms with Gasteiger partial charge in [-0.15, -0.1) is 0 Å². The fraction of sp³-hybridized carbons (Fsp3) is 0.455. The molecule has 0 unspecified atom stereocenters. The van der Waals surface area contributed by atoms with E-state index in [1.807, 2.05) is 0 Å². The van der Waals surface area contributed by atoms with Crippen molar-refractivity contribution in [1.82, 2.24) is 0 Å². The molecule has 0 saturated heterocycles. The molecule has 0 aliphatic carbocycles. The fourth-order valence-corrected chi connectivity index (χ4v) is 4.32. The van der Waals surface area contributed by atoms with E-state index in [1.54, 1.807) is 0 Å². The van der Waals surface area contributed by atoms with Crippen molar-refractivity contribution in [1.29, 1.82) is 0 Å². The molecule has 0 saturated carbocycles. The molecule has 0 aliphatic rings. The zero-order chi connectivity index (χ0) is 16.1. The van der Waals surface area contributed by atoms with E-state index < -0.39 is 31.5 Å². The summed E-state index contributed by atoms with van der Waals surface area (Å²) in [5.41, 5.74) is 11.5. The van der Waals surface area contributed by atoms with Crippen LogP contribution in [-0.4, -0.2) is 46.0 Å². The molecular weight excluding hydrogens is 318 g/mol. The molecule has 0 spiro atoms. The third kappa shape index (κ3) is 5.87. The molecule has 0 amide bonds. The molecule has 0 fully saturated rings. The summed E-state index contributed by atoms with van der Waals surface area (Å²) in [4.78, 5) is -0.0943. The smallest absolute Gasteiger partial charge is 0.265 e. The number of hydrogen-bond donors (Lipinski definition) is 4. The van der Waals surface area contributed by atoms with E-state index in [0.717, 1.165) is 0 Å². The number of nitrogen functional groups attached to an aromatic ring is 1.